The fourth-order valence-electron chi connectivity index (χ4n) is 4.12. The van der Waals surface area contributed by atoms with Gasteiger partial charge in [-0.2, -0.15) is 4.31 Å². The van der Waals surface area contributed by atoms with Crippen molar-refractivity contribution >= 4 is 15.9 Å². The van der Waals surface area contributed by atoms with E-state index < -0.39 is 10.0 Å². The lowest BCUT2D eigenvalue weighted by Crippen LogP contribution is -2.43. The van der Waals surface area contributed by atoms with Gasteiger partial charge in [-0.3, -0.25) is 9.69 Å². The minimum absolute atomic E-state index is 0.131. The monoisotopic (exact) mass is 472 g/mol. The van der Waals surface area contributed by atoms with Gasteiger partial charge >= 0.3 is 0 Å². The summed E-state index contributed by atoms with van der Waals surface area (Å²) in [6.45, 7) is 6.97. The van der Waals surface area contributed by atoms with Crippen LogP contribution in [0, 0.1) is 0 Å². The first-order valence-electron chi connectivity index (χ1n) is 11.4. The number of ether oxygens (including phenoxy) is 1. The summed E-state index contributed by atoms with van der Waals surface area (Å²) in [5, 5.41) is 2.92. The molecule has 1 N–H and O–H groups in total. The zero-order valence-electron chi connectivity index (χ0n) is 19.1. The second-order valence-electron chi connectivity index (χ2n) is 8.63. The number of carbonyl (C=O) groups excluding carboxylic acids is 1. The summed E-state index contributed by atoms with van der Waals surface area (Å²) < 4.78 is 32.4. The summed E-state index contributed by atoms with van der Waals surface area (Å²) in [7, 11) is -1.50. The van der Waals surface area contributed by atoms with E-state index >= 15 is 0 Å². The standard InChI is InChI=1S/C24H32N4O4S/c1-26-8-10-27(11-9-26)19-21-5-2-4-20(16-21)18-25-24(29)22-6-3-7-23(17-22)33(30,31)28-12-14-32-15-13-28/h2-7,16-17H,8-15,18-19H2,1H3,(H,25,29). The number of piperazine rings is 1. The smallest absolute Gasteiger partial charge is 0.251 e. The molecule has 0 unspecified atom stereocenters. The van der Waals surface area contributed by atoms with Crippen molar-refractivity contribution in [2.24, 2.45) is 0 Å². The quantitative estimate of drug-likeness (QED) is 0.656. The molecule has 2 aliphatic rings. The van der Waals surface area contributed by atoms with E-state index in [2.05, 4.69) is 34.3 Å². The van der Waals surface area contributed by atoms with Crippen LogP contribution in [0.15, 0.2) is 53.4 Å². The number of amides is 1. The molecule has 0 spiro atoms. The van der Waals surface area contributed by atoms with Crippen molar-refractivity contribution in [3.8, 4) is 0 Å². The molecule has 2 aromatic rings. The van der Waals surface area contributed by atoms with Gasteiger partial charge in [0.05, 0.1) is 18.1 Å². The van der Waals surface area contributed by atoms with Crippen LogP contribution in [0.4, 0.5) is 0 Å². The van der Waals surface area contributed by atoms with Crippen molar-refractivity contribution in [3.05, 3.63) is 65.2 Å². The molecule has 0 atom stereocenters. The van der Waals surface area contributed by atoms with E-state index in [1.165, 1.54) is 22.0 Å². The zero-order chi connectivity index (χ0) is 23.3. The Morgan fingerprint density at radius 3 is 2.39 bits per heavy atom. The fraction of sp³-hybridized carbons (Fsp3) is 0.458. The third-order valence-corrected chi connectivity index (χ3v) is 8.05. The lowest BCUT2D eigenvalue weighted by molar-refractivity contribution is 0.0730. The molecule has 0 bridgehead atoms. The number of nitrogens with zero attached hydrogens (tertiary/aromatic N) is 3. The fourth-order valence-corrected chi connectivity index (χ4v) is 5.57. The third kappa shape index (κ3) is 6.18. The third-order valence-electron chi connectivity index (χ3n) is 6.15. The summed E-state index contributed by atoms with van der Waals surface area (Å²) >= 11 is 0. The van der Waals surface area contributed by atoms with Crippen LogP contribution >= 0.6 is 0 Å². The van der Waals surface area contributed by atoms with E-state index in [4.69, 9.17) is 4.74 Å². The summed E-state index contributed by atoms with van der Waals surface area (Å²) in [6.07, 6.45) is 0. The molecule has 178 valence electrons. The molecule has 8 nitrogen and oxygen atoms in total. The van der Waals surface area contributed by atoms with Crippen LogP contribution in [0.5, 0.6) is 0 Å². The summed E-state index contributed by atoms with van der Waals surface area (Å²) in [5.74, 6) is -0.293. The lowest BCUT2D eigenvalue weighted by atomic mass is 10.1. The van der Waals surface area contributed by atoms with Crippen molar-refractivity contribution < 1.29 is 17.9 Å². The number of hydrogen-bond donors (Lipinski definition) is 1. The van der Waals surface area contributed by atoms with Gasteiger partial charge in [0.1, 0.15) is 0 Å². The van der Waals surface area contributed by atoms with Gasteiger partial charge < -0.3 is 15.0 Å². The van der Waals surface area contributed by atoms with Crippen molar-refractivity contribution in [2.75, 3.05) is 59.5 Å². The Hall–Kier alpha value is -2.30. The maximum absolute atomic E-state index is 12.9. The molecular weight excluding hydrogens is 440 g/mol. The van der Waals surface area contributed by atoms with Gasteiger partial charge in [-0.15, -0.1) is 0 Å². The number of hydrogen-bond acceptors (Lipinski definition) is 6. The number of benzene rings is 2. The van der Waals surface area contributed by atoms with E-state index in [9.17, 15) is 13.2 Å². The van der Waals surface area contributed by atoms with Crippen molar-refractivity contribution in [3.63, 3.8) is 0 Å². The van der Waals surface area contributed by atoms with Crippen LogP contribution in [0.25, 0.3) is 0 Å². The number of carbonyl (C=O) groups is 1. The molecule has 2 aromatic carbocycles. The molecule has 2 aliphatic heterocycles. The van der Waals surface area contributed by atoms with Gasteiger partial charge in [-0.1, -0.05) is 30.3 Å². The van der Waals surface area contributed by atoms with Crippen LogP contribution in [0.1, 0.15) is 21.5 Å². The Balaban J connectivity index is 1.37. The zero-order valence-corrected chi connectivity index (χ0v) is 19.9. The summed E-state index contributed by atoms with van der Waals surface area (Å²) in [4.78, 5) is 17.7. The first kappa shape index (κ1) is 23.8. The van der Waals surface area contributed by atoms with E-state index in [0.717, 1.165) is 38.3 Å². The topological polar surface area (TPSA) is 82.2 Å². The maximum atomic E-state index is 12.9. The van der Waals surface area contributed by atoms with Gasteiger partial charge in [0.25, 0.3) is 5.91 Å². The average Bonchev–Trinajstić information content (AvgIpc) is 2.85. The highest BCUT2D eigenvalue weighted by Crippen LogP contribution is 2.18. The van der Waals surface area contributed by atoms with Crippen LogP contribution < -0.4 is 5.32 Å². The van der Waals surface area contributed by atoms with Gasteiger partial charge in [0.2, 0.25) is 10.0 Å². The van der Waals surface area contributed by atoms with Crippen molar-refractivity contribution in [2.45, 2.75) is 18.0 Å². The highest BCUT2D eigenvalue weighted by molar-refractivity contribution is 7.89. The molecule has 4 rings (SSSR count). The van der Waals surface area contributed by atoms with E-state index in [-0.39, 0.29) is 10.8 Å². The van der Waals surface area contributed by atoms with Crippen LogP contribution in [-0.2, 0) is 27.8 Å². The Morgan fingerprint density at radius 1 is 0.939 bits per heavy atom. The Bertz CT molecular complexity index is 1060. The number of sulfonamides is 1. The van der Waals surface area contributed by atoms with Crippen molar-refractivity contribution in [1.29, 1.82) is 0 Å². The molecule has 2 heterocycles. The minimum Gasteiger partial charge on any atom is -0.379 e. The normalized spacial score (nSPS) is 18.8. The van der Waals surface area contributed by atoms with Crippen LogP contribution in [0.2, 0.25) is 0 Å². The summed E-state index contributed by atoms with van der Waals surface area (Å²) in [6, 6.07) is 14.5. The lowest BCUT2D eigenvalue weighted by Gasteiger charge is -2.32. The molecular formula is C24H32N4O4S. The molecule has 0 radical (unpaired) electrons. The number of morpholine rings is 1. The second-order valence-corrected chi connectivity index (χ2v) is 10.6. The van der Waals surface area contributed by atoms with Crippen LogP contribution in [-0.4, -0.2) is 88.0 Å². The molecule has 0 aromatic heterocycles. The predicted octanol–water partition coefficient (Wildman–Crippen LogP) is 1.38. The largest absolute Gasteiger partial charge is 0.379 e. The van der Waals surface area contributed by atoms with E-state index in [1.807, 2.05) is 12.1 Å². The molecule has 33 heavy (non-hydrogen) atoms. The van der Waals surface area contributed by atoms with Gasteiger partial charge in [0.15, 0.2) is 0 Å². The second kappa shape index (κ2) is 10.8. The number of rotatable bonds is 7. The van der Waals surface area contributed by atoms with Gasteiger partial charge in [-0.05, 0) is 36.4 Å². The molecule has 2 fully saturated rings. The SMILES string of the molecule is CN1CCN(Cc2cccc(CNC(=O)c3cccc(S(=O)(=O)N4CCOCC4)c3)c2)CC1. The highest BCUT2D eigenvalue weighted by Gasteiger charge is 2.26. The maximum Gasteiger partial charge on any atom is 0.251 e. The highest BCUT2D eigenvalue weighted by atomic mass is 32.2. The van der Waals surface area contributed by atoms with E-state index in [1.54, 1.807) is 12.1 Å². The molecule has 1 amide bonds. The molecule has 0 saturated carbocycles. The molecule has 2 saturated heterocycles. The number of nitrogens with one attached hydrogen (secondary N) is 1. The Kier molecular flexibility index (Phi) is 7.77. The van der Waals surface area contributed by atoms with E-state index in [0.29, 0.717) is 38.4 Å². The van der Waals surface area contributed by atoms with Gasteiger partial charge in [-0.25, -0.2) is 8.42 Å². The summed E-state index contributed by atoms with van der Waals surface area (Å²) in [5.41, 5.74) is 2.58. The predicted molar refractivity (Wildman–Crippen MR) is 126 cm³/mol. The molecule has 0 aliphatic carbocycles. The Morgan fingerprint density at radius 2 is 1.64 bits per heavy atom. The number of likely N-dealkylation sites (N-methyl/N-ethyl adjacent to an activating group) is 1. The Labute approximate surface area is 196 Å². The first-order chi connectivity index (χ1) is 15.9. The van der Waals surface area contributed by atoms with Gasteiger partial charge in [0, 0.05) is 57.9 Å². The van der Waals surface area contributed by atoms with Crippen LogP contribution in [0.3, 0.4) is 0 Å². The first-order valence-corrected chi connectivity index (χ1v) is 12.8. The molecule has 9 heteroatoms. The van der Waals surface area contributed by atoms with Crippen molar-refractivity contribution in [1.82, 2.24) is 19.4 Å². The minimum atomic E-state index is -3.64. The average molecular weight is 473 g/mol.